The first-order valence-electron chi connectivity index (χ1n) is 52.3. The van der Waals surface area contributed by atoms with Crippen LogP contribution in [-0.2, 0) is 4.79 Å². The monoisotopic (exact) mass is 924 g/mol. The second kappa shape index (κ2) is 20.9. The molecule has 0 aliphatic carbocycles. The number of rotatable bonds is 4. The summed E-state index contributed by atoms with van der Waals surface area (Å²) in [6, 6.07) is 33.2. The number of benzene rings is 3. The van der Waals surface area contributed by atoms with Crippen LogP contribution in [0.15, 0.2) is 134 Å². The van der Waals surface area contributed by atoms with Crippen molar-refractivity contribution in [2.75, 3.05) is 0 Å². The summed E-state index contributed by atoms with van der Waals surface area (Å²) in [6.45, 7) is 0. The molecule has 0 atom stereocenters. The SMILES string of the molecule is Clc1ccccn1.N#Cc1ccccc1O.NNC=O.Oc1ccccc1-c1ncn(-c2ccccn2)n1.Oc1ccccc1-c1ncn[nH]1.[3HH].[3H][3H].[3H][3H].[3H][3H].[3H][3H].[3H][3H].[3H][3H].[3H][3H].[3H][3H].[3H][3H].[3H][3H].[3H][3H].[3H][3H].[3H][3H].[3H][3H].[3H][3H].[3H][3H].[3H][3H].[3H][3H].[3H][3H].[3H][3H].[3H][3H].[3H][3H].[3H][3H].[3H][3H].[3H][3H].[3H][3H].[3H][3H].[3H][3H].[3H][3H].[3H][3H].[3H][3H].[3H][3H].[3H][3H].[3H][3H].[3H][3H].[3H][3H].[3H][3H].[3H][3H]. The highest BCUT2D eigenvalue weighted by Crippen LogP contribution is 2.26. The highest BCUT2D eigenvalue weighted by molar-refractivity contribution is 6.29. The van der Waals surface area contributed by atoms with Gasteiger partial charge in [-0.3, -0.25) is 15.3 Å². The number of nitrogens with two attached hydrogens (primary N) is 1. The number of amides is 1. The Balaban J connectivity index is -0.0000000195. The minimum Gasteiger partial charge on any atom is -0.507 e. The van der Waals surface area contributed by atoms with Crippen LogP contribution in [0.1, 0.15) is 120 Å². The Morgan fingerprint density at radius 1 is 0.800 bits per heavy atom. The van der Waals surface area contributed by atoms with Crippen molar-refractivity contribution < 1.29 is 134 Å². The van der Waals surface area contributed by atoms with E-state index in [9.17, 15) is 10.2 Å². The van der Waals surface area contributed by atoms with E-state index in [4.69, 9.17) is 140 Å². The van der Waals surface area contributed by atoms with Crippen molar-refractivity contribution >= 4 is 18.0 Å². The fourth-order valence-electron chi connectivity index (χ4n) is 3.57. The van der Waals surface area contributed by atoms with Gasteiger partial charge in [0, 0.05) is 127 Å². The van der Waals surface area contributed by atoms with E-state index in [1.807, 2.05) is 48.5 Å². The molecular formula is C34H108ClN11O4. The summed E-state index contributed by atoms with van der Waals surface area (Å²) in [6.07, 6.45) is 6.73. The molecule has 0 fully saturated rings. The van der Waals surface area contributed by atoms with Crippen LogP contribution in [0.25, 0.3) is 28.6 Å². The lowest BCUT2D eigenvalue weighted by molar-refractivity contribution is -0.109. The molecule has 15 nitrogen and oxygen atoms in total. The molecule has 4 heterocycles. The molecule has 330 valence electrons. The Labute approximate surface area is 409 Å². The lowest BCUT2D eigenvalue weighted by atomic mass is 10.2. The van der Waals surface area contributed by atoms with E-state index in [1.54, 1.807) is 89.5 Å². The standard InChI is InChI=1S/C13H10N4O.C8H7N3O.C7H5NO.C5H4ClN.CH4N2O.39H2/c18-11-6-2-1-5-10(11)13-15-9-17(16-13)12-7-3-4-8-14-12;12-7-4-2-1-3-6(7)8-9-5-10-11-8;8-5-6-3-1-2-4-7(6)9;6-5-3-1-2-4-7-5;2-3-1-4;;;;;;;;;;;;;;;;;;;;;;;;;;;;;;;;;;;;;;;/h1-9,18H;1-5,12H,(H,9,10,11);1-4,9H;1-4H;1H,2H2,(H,3,4);39*1H/i;;;;;38*1+2T;1+2. The van der Waals surface area contributed by atoms with Crippen molar-refractivity contribution in [3.8, 4) is 51.9 Å². The van der Waals surface area contributed by atoms with Gasteiger partial charge in [-0.15, -0.1) is 5.10 Å². The molecule has 7 N–H and O–H groups in total. The number of halogens is 1. The van der Waals surface area contributed by atoms with Gasteiger partial charge in [-0.1, -0.05) is 60.1 Å². The summed E-state index contributed by atoms with van der Waals surface area (Å²) in [4.78, 5) is 25.0. The van der Waals surface area contributed by atoms with Gasteiger partial charge in [0.15, 0.2) is 17.5 Å². The van der Waals surface area contributed by atoms with Gasteiger partial charge in [0.25, 0.3) is 0 Å². The number of aromatic hydroxyl groups is 3. The molecule has 7 aromatic rings. The van der Waals surface area contributed by atoms with Gasteiger partial charge in [-0.2, -0.15) is 10.4 Å². The van der Waals surface area contributed by atoms with Gasteiger partial charge >= 0.3 is 0 Å². The summed E-state index contributed by atoms with van der Waals surface area (Å²) in [5.41, 5.74) is 3.33. The number of hydrazine groups is 1. The largest absolute Gasteiger partial charge is 0.507 e. The molecule has 0 saturated carbocycles. The quantitative estimate of drug-likeness (QED) is 0.0318. The van der Waals surface area contributed by atoms with E-state index in [2.05, 4.69) is 41.1 Å². The first-order chi connectivity index (χ1) is 62.4. The van der Waals surface area contributed by atoms with E-state index < -0.39 is 0 Å². The fraction of sp³-hybridized carbons (Fsp3) is 0. The number of phenolic OH excluding ortho intramolecular Hbond substituents is 3. The number of para-hydroxylation sites is 3. The van der Waals surface area contributed by atoms with Gasteiger partial charge in [-0.25, -0.2) is 30.5 Å². The molecule has 50 heavy (non-hydrogen) atoms. The Kier molecular flexibility index (Phi) is 4.56. The summed E-state index contributed by atoms with van der Waals surface area (Å²) < 4.78 is 382. The molecule has 0 bridgehead atoms. The molecule has 0 spiro atoms. The molecule has 0 aliphatic heterocycles. The molecule has 7 rings (SSSR count). The lowest BCUT2D eigenvalue weighted by Gasteiger charge is -1.99. The van der Waals surface area contributed by atoms with Crippen molar-refractivity contribution in [2.24, 2.45) is 5.84 Å². The maximum absolute atomic E-state index is 9.74. The number of phenols is 3. The Bertz CT molecular complexity index is 2160. The average molecular weight is 925 g/mol. The molecule has 3 aromatic carbocycles. The van der Waals surface area contributed by atoms with Crippen LogP contribution in [0.2, 0.25) is 5.15 Å². The van der Waals surface area contributed by atoms with Crippen molar-refractivity contribution in [1.82, 2.24) is 45.3 Å². The molecule has 0 aliphatic rings. The van der Waals surface area contributed by atoms with E-state index in [0.29, 0.717) is 45.7 Å². The van der Waals surface area contributed by atoms with Crippen molar-refractivity contribution in [3.05, 3.63) is 145 Å². The zero-order chi connectivity index (χ0) is 112. The minimum atomic E-state index is 0. The van der Waals surface area contributed by atoms with Crippen molar-refractivity contribution in [2.45, 2.75) is 0 Å². The molecule has 0 unspecified atom stereocenters. The van der Waals surface area contributed by atoms with E-state index in [1.165, 1.54) is 12.4 Å². The number of nitrogens with one attached hydrogen (secondary N) is 2. The van der Waals surface area contributed by atoms with Gasteiger partial charge in [0.05, 0.1) is 16.7 Å². The van der Waals surface area contributed by atoms with E-state index in [0.717, 1.165) is 0 Å². The molecule has 4 aromatic heterocycles. The number of carbonyl (C=O) groups is 1. The van der Waals surface area contributed by atoms with Crippen molar-refractivity contribution in [1.29, 1.82) is 5.26 Å². The smallest absolute Gasteiger partial charge is 0.221 e. The molecule has 0 saturated heterocycles. The second-order valence-electron chi connectivity index (χ2n) is 9.13. The van der Waals surface area contributed by atoms with Crippen LogP contribution < -0.4 is 11.3 Å². The molecule has 16 heteroatoms. The third-order valence-electron chi connectivity index (χ3n) is 5.82. The number of nitrogens with zero attached hydrogens (tertiary/aromatic N) is 8. The minimum absolute atomic E-state index is 0. The average Bonchev–Trinajstić information content (AvgIpc) is 1.68. The van der Waals surface area contributed by atoms with Crippen LogP contribution in [0.5, 0.6) is 17.2 Å². The highest BCUT2D eigenvalue weighted by atomic mass is 35.5. The number of hydrogen-bond acceptors (Lipinski definition) is 12. The number of nitriles is 1. The van der Waals surface area contributed by atoms with Crippen LogP contribution in [-0.4, -0.2) is 61.6 Å². The van der Waals surface area contributed by atoms with Crippen LogP contribution in [0.4, 0.5) is 0 Å². The molecule has 1 amide bonds. The summed E-state index contributed by atoms with van der Waals surface area (Å²) >= 11 is 5.43. The maximum Gasteiger partial charge on any atom is 0.221 e. The predicted molar refractivity (Wildman–Crippen MR) is 268 cm³/mol. The first kappa shape index (κ1) is 10.9. The van der Waals surface area contributed by atoms with E-state index >= 15 is 0 Å². The normalized spacial score (nSPS) is 15.4. The van der Waals surface area contributed by atoms with Crippen molar-refractivity contribution in [3.63, 3.8) is 0 Å². The Hall–Kier alpha value is -7.15. The first-order valence-corrected chi connectivity index (χ1v) is 14.6. The lowest BCUT2D eigenvalue weighted by Crippen LogP contribution is -2.18. The predicted octanol–water partition coefficient (Wildman–Crippen LogP) is 14.4. The van der Waals surface area contributed by atoms with Crippen LogP contribution >= 0.6 is 11.6 Å². The third kappa shape index (κ3) is 12.2. The molecular weight excluding hydrogens is 662 g/mol. The number of aromatic amines is 1. The zero-order valence-electron chi connectivity index (χ0n) is 102. The zero-order valence-corrected chi connectivity index (χ0v) is 26.8. The summed E-state index contributed by atoms with van der Waals surface area (Å²) in [5, 5.41) is 47.5. The number of hydrogen-bond donors (Lipinski definition) is 6. The van der Waals surface area contributed by atoms with Gasteiger partial charge in [0.2, 0.25) is 6.41 Å². The number of aromatic nitrogens is 8. The Morgan fingerprint density at radius 3 is 1.84 bits per heavy atom. The number of carbonyl (C=O) groups excluding carboxylic acids is 1. The van der Waals surface area contributed by atoms with Gasteiger partial charge in [-0.05, 0) is 60.7 Å². The summed E-state index contributed by atoms with van der Waals surface area (Å²) in [7, 11) is 0. The summed E-state index contributed by atoms with van der Waals surface area (Å²) in [5.74, 6) is 6.55. The third-order valence-corrected chi connectivity index (χ3v) is 6.04. The topological polar surface area (TPSA) is 238 Å². The fourth-order valence-corrected chi connectivity index (χ4v) is 3.70. The van der Waals surface area contributed by atoms with Crippen LogP contribution in [0, 0.1) is 11.3 Å². The highest BCUT2D eigenvalue weighted by Gasteiger charge is 2.09. The molecule has 0 radical (unpaired) electrons. The Morgan fingerprint density at radius 2 is 1.38 bits per heavy atom. The number of H-pyrrole nitrogens is 1. The van der Waals surface area contributed by atoms with Crippen LogP contribution in [0.3, 0.4) is 0 Å². The van der Waals surface area contributed by atoms with Gasteiger partial charge in [0.1, 0.15) is 41.1 Å². The maximum atomic E-state index is 9.74. The van der Waals surface area contributed by atoms with E-state index in [-0.39, 0.29) is 18.7 Å². The van der Waals surface area contributed by atoms with Gasteiger partial charge < -0.3 is 15.3 Å². The number of pyridine rings is 2. The second-order valence-corrected chi connectivity index (χ2v) is 9.52.